The van der Waals surface area contributed by atoms with E-state index < -0.39 is 0 Å². The average Bonchev–Trinajstić information content (AvgIpc) is 3.12. The molecule has 0 bridgehead atoms. The van der Waals surface area contributed by atoms with Gasteiger partial charge in [-0.3, -0.25) is 4.98 Å². The Kier molecular flexibility index (Phi) is 5.25. The Labute approximate surface area is 146 Å². The van der Waals surface area contributed by atoms with Crippen LogP contribution in [0.2, 0.25) is 0 Å². The van der Waals surface area contributed by atoms with Gasteiger partial charge in [-0.1, -0.05) is 6.07 Å². The minimum atomic E-state index is 0.0867. The first-order chi connectivity index (χ1) is 11.2. The first-order valence-electron chi connectivity index (χ1n) is 7.73. The summed E-state index contributed by atoms with van der Waals surface area (Å²) < 4.78 is 5.20. The molecule has 0 spiro atoms. The number of methoxy groups -OCH3 is 1. The van der Waals surface area contributed by atoms with Gasteiger partial charge in [0, 0.05) is 31.3 Å². The van der Waals surface area contributed by atoms with Crippen molar-refractivity contribution in [3.05, 3.63) is 52.0 Å². The molecule has 3 heterocycles. The zero-order valence-electron chi connectivity index (χ0n) is 13.4. The molecule has 0 aliphatic carbocycles. The highest BCUT2D eigenvalue weighted by atomic mass is 32.1. The Morgan fingerprint density at radius 3 is 2.91 bits per heavy atom. The lowest BCUT2D eigenvalue weighted by Crippen LogP contribution is -2.31. The number of thiophene rings is 1. The van der Waals surface area contributed by atoms with Crippen molar-refractivity contribution >= 4 is 28.7 Å². The average molecular weight is 348 g/mol. The second kappa shape index (κ2) is 7.38. The molecule has 1 fully saturated rings. The Morgan fingerprint density at radius 1 is 1.39 bits per heavy atom. The molecule has 2 aromatic rings. The van der Waals surface area contributed by atoms with E-state index in [1.54, 1.807) is 18.4 Å². The van der Waals surface area contributed by atoms with Crippen LogP contribution in [0.25, 0.3) is 0 Å². The zero-order valence-corrected chi connectivity index (χ0v) is 15.0. The second-order valence-corrected chi connectivity index (χ2v) is 6.97. The molecule has 6 heteroatoms. The summed E-state index contributed by atoms with van der Waals surface area (Å²) in [5, 5.41) is 6.42. The maximum atomic E-state index is 5.61. The molecular formula is C17H21N3OS2. The molecule has 122 valence electrons. The zero-order chi connectivity index (χ0) is 16.2. The van der Waals surface area contributed by atoms with Crippen LogP contribution in [-0.4, -0.2) is 35.3 Å². The topological polar surface area (TPSA) is 37.4 Å². The Hall–Kier alpha value is -1.50. The van der Waals surface area contributed by atoms with Crippen molar-refractivity contribution in [2.45, 2.75) is 25.4 Å². The summed E-state index contributed by atoms with van der Waals surface area (Å²) in [5.41, 5.74) is 2.34. The summed E-state index contributed by atoms with van der Waals surface area (Å²) in [6.45, 7) is 3.78. The maximum absolute atomic E-state index is 5.61. The number of nitrogens with zero attached hydrogens (tertiary/aromatic N) is 2. The predicted molar refractivity (Wildman–Crippen MR) is 97.7 cm³/mol. The highest BCUT2D eigenvalue weighted by molar-refractivity contribution is 7.80. The van der Waals surface area contributed by atoms with Crippen LogP contribution >= 0.6 is 23.6 Å². The fourth-order valence-electron chi connectivity index (χ4n) is 3.00. The van der Waals surface area contributed by atoms with Gasteiger partial charge in [-0.2, -0.15) is 0 Å². The highest BCUT2D eigenvalue weighted by Crippen LogP contribution is 2.41. The lowest BCUT2D eigenvalue weighted by atomic mass is 10.0. The van der Waals surface area contributed by atoms with Gasteiger partial charge in [-0.15, -0.1) is 11.3 Å². The van der Waals surface area contributed by atoms with E-state index in [2.05, 4.69) is 39.6 Å². The molecule has 0 amide bonds. The van der Waals surface area contributed by atoms with Crippen LogP contribution in [0.15, 0.2) is 35.8 Å². The normalized spacial score (nSPS) is 20.8. The quantitative estimate of drug-likeness (QED) is 0.640. The van der Waals surface area contributed by atoms with Gasteiger partial charge in [-0.05, 0) is 54.7 Å². The van der Waals surface area contributed by atoms with Crippen LogP contribution in [0.5, 0.6) is 0 Å². The van der Waals surface area contributed by atoms with Gasteiger partial charge >= 0.3 is 0 Å². The van der Waals surface area contributed by atoms with Gasteiger partial charge < -0.3 is 15.0 Å². The molecule has 1 aliphatic heterocycles. The number of hydrogen-bond acceptors (Lipinski definition) is 4. The molecule has 0 radical (unpaired) electrons. The molecule has 0 aromatic carbocycles. The molecule has 2 aromatic heterocycles. The maximum Gasteiger partial charge on any atom is 0.170 e. The van der Waals surface area contributed by atoms with Gasteiger partial charge in [0.1, 0.15) is 0 Å². The Balaban J connectivity index is 1.93. The number of hydrogen-bond donors (Lipinski definition) is 1. The SMILES string of the molecule is COCCCN1C(=S)NC(c2ccccn2)C1c1sccc1C. The number of nitrogens with one attached hydrogen (secondary N) is 1. The monoisotopic (exact) mass is 347 g/mol. The van der Waals surface area contributed by atoms with E-state index in [1.807, 2.05) is 18.3 Å². The minimum absolute atomic E-state index is 0.0867. The van der Waals surface area contributed by atoms with Crippen LogP contribution in [-0.2, 0) is 4.74 Å². The van der Waals surface area contributed by atoms with Crippen LogP contribution in [0.1, 0.15) is 34.6 Å². The Morgan fingerprint density at radius 2 is 2.26 bits per heavy atom. The van der Waals surface area contributed by atoms with E-state index in [4.69, 9.17) is 17.0 Å². The third-order valence-electron chi connectivity index (χ3n) is 4.12. The number of ether oxygens (including phenoxy) is 1. The van der Waals surface area contributed by atoms with Gasteiger partial charge in [0.25, 0.3) is 0 Å². The molecule has 4 nitrogen and oxygen atoms in total. The van der Waals surface area contributed by atoms with Crippen molar-refractivity contribution in [1.29, 1.82) is 0 Å². The van der Waals surface area contributed by atoms with E-state index in [0.717, 1.165) is 30.4 Å². The summed E-state index contributed by atoms with van der Waals surface area (Å²) in [5.74, 6) is 0. The van der Waals surface area contributed by atoms with Crippen molar-refractivity contribution in [2.75, 3.05) is 20.3 Å². The van der Waals surface area contributed by atoms with Crippen LogP contribution in [0.3, 0.4) is 0 Å². The second-order valence-electron chi connectivity index (χ2n) is 5.63. The van der Waals surface area contributed by atoms with E-state index in [-0.39, 0.29) is 12.1 Å². The summed E-state index contributed by atoms with van der Waals surface area (Å²) >= 11 is 7.40. The molecule has 2 atom stereocenters. The lowest BCUT2D eigenvalue weighted by Gasteiger charge is -2.27. The predicted octanol–water partition coefficient (Wildman–Crippen LogP) is 3.46. The van der Waals surface area contributed by atoms with E-state index in [0.29, 0.717) is 0 Å². The summed E-state index contributed by atoms with van der Waals surface area (Å²) in [7, 11) is 1.73. The summed E-state index contributed by atoms with van der Waals surface area (Å²) in [6, 6.07) is 8.48. The summed E-state index contributed by atoms with van der Waals surface area (Å²) in [6.07, 6.45) is 2.79. The van der Waals surface area contributed by atoms with Crippen molar-refractivity contribution in [1.82, 2.24) is 15.2 Å². The third-order valence-corrected chi connectivity index (χ3v) is 5.56. The number of pyridine rings is 1. The standard InChI is InChI=1S/C17H21N3OS2/c1-12-7-11-23-16(12)15-14(13-6-3-4-8-18-13)19-17(22)20(15)9-5-10-21-2/h3-4,6-8,11,14-15H,5,9-10H2,1-2H3,(H,19,22). The van der Waals surface area contributed by atoms with Crippen LogP contribution < -0.4 is 5.32 Å². The van der Waals surface area contributed by atoms with Gasteiger partial charge in [0.05, 0.1) is 17.8 Å². The number of thiocarbonyl (C=S) groups is 1. The van der Waals surface area contributed by atoms with Crippen molar-refractivity contribution in [2.24, 2.45) is 0 Å². The molecule has 23 heavy (non-hydrogen) atoms. The highest BCUT2D eigenvalue weighted by Gasteiger charge is 2.40. The van der Waals surface area contributed by atoms with E-state index >= 15 is 0 Å². The molecule has 2 unspecified atom stereocenters. The van der Waals surface area contributed by atoms with Gasteiger partial charge in [-0.25, -0.2) is 0 Å². The smallest absolute Gasteiger partial charge is 0.170 e. The fourth-order valence-corrected chi connectivity index (χ4v) is 4.40. The van der Waals surface area contributed by atoms with E-state index in [1.165, 1.54) is 10.4 Å². The first kappa shape index (κ1) is 16.4. The molecule has 0 saturated carbocycles. The molecule has 1 saturated heterocycles. The van der Waals surface area contributed by atoms with Crippen molar-refractivity contribution in [3.8, 4) is 0 Å². The Bertz CT molecular complexity index is 659. The first-order valence-corrected chi connectivity index (χ1v) is 9.02. The lowest BCUT2D eigenvalue weighted by molar-refractivity contribution is 0.181. The summed E-state index contributed by atoms with van der Waals surface area (Å²) in [4.78, 5) is 8.18. The molecular weight excluding hydrogens is 326 g/mol. The number of aryl methyl sites for hydroxylation is 1. The molecule has 1 aliphatic rings. The molecule has 3 rings (SSSR count). The molecule has 1 N–H and O–H groups in total. The van der Waals surface area contributed by atoms with Crippen molar-refractivity contribution < 1.29 is 4.74 Å². The van der Waals surface area contributed by atoms with Crippen LogP contribution in [0, 0.1) is 6.92 Å². The largest absolute Gasteiger partial charge is 0.385 e. The van der Waals surface area contributed by atoms with Crippen LogP contribution in [0.4, 0.5) is 0 Å². The third kappa shape index (κ3) is 3.39. The van der Waals surface area contributed by atoms with Gasteiger partial charge in [0.2, 0.25) is 0 Å². The number of aromatic nitrogens is 1. The minimum Gasteiger partial charge on any atom is -0.385 e. The van der Waals surface area contributed by atoms with Crippen molar-refractivity contribution in [3.63, 3.8) is 0 Å². The van der Waals surface area contributed by atoms with E-state index in [9.17, 15) is 0 Å². The fraction of sp³-hybridized carbons (Fsp3) is 0.412. The van der Waals surface area contributed by atoms with Gasteiger partial charge in [0.15, 0.2) is 5.11 Å². The number of rotatable bonds is 6.